The Hall–Kier alpha value is -1.86. The van der Waals surface area contributed by atoms with Crippen molar-refractivity contribution >= 4 is 11.9 Å². The summed E-state index contributed by atoms with van der Waals surface area (Å²) in [6.07, 6.45) is 3.02. The van der Waals surface area contributed by atoms with Crippen LogP contribution < -0.4 is 0 Å². The standard InChI is InChI=1S/C24H42N2O6/c1-21(2)13-17(14-22(3,4)25(21)29)31-19(27)11-9-10-12-20(28)32-18-15-23(5,6)26(30)24(7,8)16-18/h17-18H,9-16H2,1-8H3/q+2. The summed E-state index contributed by atoms with van der Waals surface area (Å²) < 4.78 is 13.5. The van der Waals surface area contributed by atoms with Crippen molar-refractivity contribution in [2.24, 2.45) is 0 Å². The predicted octanol–water partition coefficient (Wildman–Crippen LogP) is 4.63. The molecule has 182 valence electrons. The summed E-state index contributed by atoms with van der Waals surface area (Å²) in [5.74, 6) is -0.582. The number of ether oxygens (including phenoxy) is 2. The van der Waals surface area contributed by atoms with E-state index in [0.29, 0.717) is 38.5 Å². The molecule has 2 aliphatic heterocycles. The van der Waals surface area contributed by atoms with Crippen molar-refractivity contribution in [2.75, 3.05) is 0 Å². The maximum atomic E-state index is 12.4. The molecule has 0 aliphatic carbocycles. The minimum Gasteiger partial charge on any atom is -0.462 e. The number of nitrogens with zero attached hydrogens (tertiary/aromatic N) is 2. The van der Waals surface area contributed by atoms with Crippen LogP contribution in [-0.4, -0.2) is 55.8 Å². The van der Waals surface area contributed by atoms with Gasteiger partial charge in [-0.25, -0.2) is 0 Å². The van der Waals surface area contributed by atoms with Crippen molar-refractivity contribution in [1.29, 1.82) is 0 Å². The quantitative estimate of drug-likeness (QED) is 0.316. The van der Waals surface area contributed by atoms with Gasteiger partial charge in [-0.3, -0.25) is 9.59 Å². The number of piperidine rings is 2. The van der Waals surface area contributed by atoms with Crippen LogP contribution in [0, 0.1) is 9.81 Å². The van der Waals surface area contributed by atoms with Crippen molar-refractivity contribution in [3.8, 4) is 0 Å². The Morgan fingerprint density at radius 2 is 0.875 bits per heavy atom. The van der Waals surface area contributed by atoms with Gasteiger partial charge >= 0.3 is 11.9 Å². The van der Waals surface area contributed by atoms with Gasteiger partial charge in [-0.15, -0.1) is 0 Å². The molecule has 0 aromatic heterocycles. The first kappa shape index (κ1) is 26.4. The van der Waals surface area contributed by atoms with Crippen LogP contribution in [-0.2, 0) is 19.1 Å². The molecule has 0 spiro atoms. The molecule has 0 amide bonds. The molecule has 8 heteroatoms. The first-order chi connectivity index (χ1) is 14.5. The Kier molecular flexibility index (Phi) is 7.57. The van der Waals surface area contributed by atoms with Crippen LogP contribution in [0.4, 0.5) is 0 Å². The molecule has 2 aliphatic rings. The lowest BCUT2D eigenvalue weighted by atomic mass is 9.80. The number of unbranched alkanes of at least 4 members (excludes halogenated alkanes) is 1. The van der Waals surface area contributed by atoms with Gasteiger partial charge in [-0.05, 0) is 12.8 Å². The van der Waals surface area contributed by atoms with Gasteiger partial charge in [0.1, 0.15) is 12.2 Å². The van der Waals surface area contributed by atoms with E-state index in [-0.39, 0.29) is 37.0 Å². The van der Waals surface area contributed by atoms with Crippen LogP contribution in [0.3, 0.4) is 0 Å². The third-order valence-electron chi connectivity index (χ3n) is 6.72. The molecule has 32 heavy (non-hydrogen) atoms. The van der Waals surface area contributed by atoms with Gasteiger partial charge in [0.25, 0.3) is 0 Å². The second-order valence-corrected chi connectivity index (χ2v) is 12.1. The van der Waals surface area contributed by atoms with E-state index < -0.39 is 22.2 Å². The fourth-order valence-electron chi connectivity index (χ4n) is 5.54. The number of carbonyl (C=O) groups is 2. The highest BCUT2D eigenvalue weighted by molar-refractivity contribution is 5.70. The summed E-state index contributed by atoms with van der Waals surface area (Å²) in [6.45, 7) is 15.0. The Labute approximate surface area is 191 Å². The predicted molar refractivity (Wildman–Crippen MR) is 120 cm³/mol. The molecule has 0 aromatic rings. The fourth-order valence-corrected chi connectivity index (χ4v) is 5.54. The van der Waals surface area contributed by atoms with E-state index in [1.807, 2.05) is 55.4 Å². The minimum atomic E-state index is -0.582. The van der Waals surface area contributed by atoms with Gasteiger partial charge in [0, 0.05) is 87.6 Å². The van der Waals surface area contributed by atoms with Crippen LogP contribution in [0.1, 0.15) is 107 Å². The Morgan fingerprint density at radius 1 is 0.625 bits per heavy atom. The van der Waals surface area contributed by atoms with Crippen molar-refractivity contribution in [2.45, 2.75) is 141 Å². The summed E-state index contributed by atoms with van der Waals surface area (Å²) in [5.41, 5.74) is -2.33. The number of hydrogen-bond donors (Lipinski definition) is 0. The fraction of sp³-hybridized carbons (Fsp3) is 0.917. The van der Waals surface area contributed by atoms with E-state index >= 15 is 0 Å². The van der Waals surface area contributed by atoms with Gasteiger partial charge in [0.2, 0.25) is 22.2 Å². The molecular weight excluding hydrogens is 412 g/mol. The highest BCUT2D eigenvalue weighted by atomic mass is 16.5. The van der Waals surface area contributed by atoms with Crippen molar-refractivity contribution in [3.05, 3.63) is 9.81 Å². The molecule has 0 saturated carbocycles. The van der Waals surface area contributed by atoms with Crippen LogP contribution >= 0.6 is 0 Å². The van der Waals surface area contributed by atoms with Crippen LogP contribution in [0.5, 0.6) is 0 Å². The highest BCUT2D eigenvalue weighted by Gasteiger charge is 2.55. The van der Waals surface area contributed by atoms with Crippen molar-refractivity contribution < 1.29 is 28.6 Å². The van der Waals surface area contributed by atoms with Gasteiger partial charge in [-0.1, -0.05) is 0 Å². The second-order valence-electron chi connectivity index (χ2n) is 12.1. The lowest BCUT2D eigenvalue weighted by Crippen LogP contribution is -2.56. The van der Waals surface area contributed by atoms with E-state index in [2.05, 4.69) is 0 Å². The normalized spacial score (nSPS) is 24.8. The Morgan fingerprint density at radius 3 is 1.12 bits per heavy atom. The van der Waals surface area contributed by atoms with E-state index in [0.717, 1.165) is 9.52 Å². The number of rotatable bonds is 7. The van der Waals surface area contributed by atoms with Crippen LogP contribution in [0.25, 0.3) is 0 Å². The third kappa shape index (κ3) is 6.35. The Bertz CT molecular complexity index is 664. The summed E-state index contributed by atoms with van der Waals surface area (Å²) in [6, 6.07) is 0. The summed E-state index contributed by atoms with van der Waals surface area (Å²) in [7, 11) is 0. The molecule has 0 atom stereocenters. The molecule has 2 saturated heterocycles. The molecule has 2 heterocycles. The molecule has 8 nitrogen and oxygen atoms in total. The molecule has 0 bridgehead atoms. The zero-order valence-corrected chi connectivity index (χ0v) is 21.2. The highest BCUT2D eigenvalue weighted by Crippen LogP contribution is 2.37. The van der Waals surface area contributed by atoms with Crippen LogP contribution in [0.15, 0.2) is 0 Å². The number of hydrogen-bond acceptors (Lipinski definition) is 6. The van der Waals surface area contributed by atoms with E-state index in [4.69, 9.17) is 9.47 Å². The van der Waals surface area contributed by atoms with Gasteiger partial charge < -0.3 is 9.47 Å². The summed E-state index contributed by atoms with van der Waals surface area (Å²) in [4.78, 5) is 49.4. The first-order valence-corrected chi connectivity index (χ1v) is 11.8. The average molecular weight is 455 g/mol. The number of carbonyl (C=O) groups excluding carboxylic acids is 2. The maximum absolute atomic E-state index is 12.4. The van der Waals surface area contributed by atoms with Gasteiger partial charge in [-0.2, -0.15) is 0 Å². The molecule has 2 rings (SSSR count). The molecule has 2 fully saturated rings. The largest absolute Gasteiger partial charge is 0.462 e. The maximum Gasteiger partial charge on any atom is 0.306 e. The van der Waals surface area contributed by atoms with E-state index in [9.17, 15) is 19.4 Å². The molecular formula is C24H42N2O6+2. The smallest absolute Gasteiger partial charge is 0.306 e. The lowest BCUT2D eigenvalue weighted by molar-refractivity contribution is -0.695. The van der Waals surface area contributed by atoms with E-state index in [1.165, 1.54) is 0 Å². The number of nitroso groups, excluding NO2 is 2. The monoisotopic (exact) mass is 454 g/mol. The molecule has 0 radical (unpaired) electrons. The van der Waals surface area contributed by atoms with Crippen molar-refractivity contribution in [3.63, 3.8) is 0 Å². The second kappa shape index (κ2) is 9.18. The van der Waals surface area contributed by atoms with Crippen LogP contribution in [0.2, 0.25) is 0 Å². The summed E-state index contributed by atoms with van der Waals surface area (Å²) >= 11 is 0. The Balaban J connectivity index is 1.72. The lowest BCUT2D eigenvalue weighted by Gasteiger charge is -2.36. The molecule has 0 aromatic carbocycles. The average Bonchev–Trinajstić information content (AvgIpc) is 2.60. The SMILES string of the molecule is CC1(C)CC(OC(=O)CCCCC(=O)OC2CC(C)(C)[N+](=O)C(C)(C)C2)CC(C)(C)[N+]1=O. The third-order valence-corrected chi connectivity index (χ3v) is 6.72. The zero-order chi connectivity index (χ0) is 24.5. The summed E-state index contributed by atoms with van der Waals surface area (Å²) in [5, 5.41) is 0. The van der Waals surface area contributed by atoms with Crippen molar-refractivity contribution in [1.82, 2.24) is 0 Å². The molecule has 0 N–H and O–H groups in total. The van der Waals surface area contributed by atoms with Gasteiger partial charge in [0.05, 0.1) is 25.7 Å². The minimum absolute atomic E-state index is 0.236. The number of esters is 2. The topological polar surface area (TPSA) is 92.8 Å². The molecule has 0 unspecified atom stereocenters. The zero-order valence-electron chi connectivity index (χ0n) is 21.2. The van der Waals surface area contributed by atoms with E-state index in [1.54, 1.807) is 0 Å². The first-order valence-electron chi connectivity index (χ1n) is 11.8. The van der Waals surface area contributed by atoms with Gasteiger partial charge in [0.15, 0.2) is 0 Å².